The zero-order chi connectivity index (χ0) is 20.6. The molecular formula is C24H25N3O2. The van der Waals surface area contributed by atoms with Gasteiger partial charge in [0.25, 0.3) is 5.91 Å². The van der Waals surface area contributed by atoms with E-state index >= 15 is 0 Å². The minimum atomic E-state index is -0.136. The van der Waals surface area contributed by atoms with Gasteiger partial charge in [0.05, 0.1) is 11.3 Å². The van der Waals surface area contributed by atoms with Crippen molar-refractivity contribution < 1.29 is 9.59 Å². The lowest BCUT2D eigenvalue weighted by atomic mass is 10.1. The van der Waals surface area contributed by atoms with Crippen molar-refractivity contribution in [2.45, 2.75) is 19.4 Å². The Hall–Kier alpha value is -3.60. The van der Waals surface area contributed by atoms with Crippen LogP contribution >= 0.6 is 0 Å². The maximum absolute atomic E-state index is 12.9. The number of hydrogen-bond acceptors (Lipinski definition) is 3. The molecule has 0 atom stereocenters. The van der Waals surface area contributed by atoms with Gasteiger partial charge >= 0.3 is 0 Å². The number of anilines is 2. The van der Waals surface area contributed by atoms with Crippen molar-refractivity contribution in [1.29, 1.82) is 0 Å². The molecule has 2 amide bonds. The first-order valence-corrected chi connectivity index (χ1v) is 9.55. The highest BCUT2D eigenvalue weighted by Gasteiger charge is 2.17. The third-order valence-electron chi connectivity index (χ3n) is 4.66. The molecule has 0 aromatic heterocycles. The standard InChI is InChI=1S/C24H25N3O2/c1-27(17-19-7-3-2-4-8-19)24(29)21-9-5-6-10-22(21)26-23(28)16-13-18-11-14-20(25)15-12-18/h2-12,14-15H,13,16-17,25H2,1H3,(H,26,28). The van der Waals surface area contributed by atoms with Crippen molar-refractivity contribution in [3.05, 3.63) is 95.6 Å². The van der Waals surface area contributed by atoms with Gasteiger partial charge in [-0.3, -0.25) is 9.59 Å². The fourth-order valence-electron chi connectivity index (χ4n) is 3.07. The Morgan fingerprint density at radius 1 is 0.862 bits per heavy atom. The lowest BCUT2D eigenvalue weighted by Crippen LogP contribution is -2.27. The second-order valence-electron chi connectivity index (χ2n) is 6.98. The van der Waals surface area contributed by atoms with Crippen molar-refractivity contribution in [2.75, 3.05) is 18.1 Å². The number of carbonyl (C=O) groups is 2. The van der Waals surface area contributed by atoms with Crippen LogP contribution in [-0.4, -0.2) is 23.8 Å². The Morgan fingerprint density at radius 2 is 1.52 bits per heavy atom. The molecule has 29 heavy (non-hydrogen) atoms. The lowest BCUT2D eigenvalue weighted by Gasteiger charge is -2.19. The molecule has 0 fully saturated rings. The quantitative estimate of drug-likeness (QED) is 0.599. The summed E-state index contributed by atoms with van der Waals surface area (Å²) < 4.78 is 0. The van der Waals surface area contributed by atoms with Crippen LogP contribution in [0.25, 0.3) is 0 Å². The molecule has 3 N–H and O–H groups in total. The molecule has 0 radical (unpaired) electrons. The molecule has 3 rings (SSSR count). The van der Waals surface area contributed by atoms with Gasteiger partial charge in [0.1, 0.15) is 0 Å². The summed E-state index contributed by atoms with van der Waals surface area (Å²) in [5.41, 5.74) is 9.49. The zero-order valence-electron chi connectivity index (χ0n) is 16.5. The van der Waals surface area contributed by atoms with E-state index in [0.717, 1.165) is 11.1 Å². The summed E-state index contributed by atoms with van der Waals surface area (Å²) in [5.74, 6) is -0.268. The molecule has 5 nitrogen and oxygen atoms in total. The van der Waals surface area contributed by atoms with E-state index in [1.54, 1.807) is 30.1 Å². The fourth-order valence-corrected chi connectivity index (χ4v) is 3.07. The molecule has 0 unspecified atom stereocenters. The molecule has 0 aliphatic heterocycles. The number of amides is 2. The number of carbonyl (C=O) groups excluding carboxylic acids is 2. The number of benzene rings is 3. The van der Waals surface area contributed by atoms with Gasteiger partial charge in [-0.1, -0.05) is 54.6 Å². The molecule has 0 saturated heterocycles. The fraction of sp³-hybridized carbons (Fsp3) is 0.167. The number of nitrogens with one attached hydrogen (secondary N) is 1. The van der Waals surface area contributed by atoms with Crippen LogP contribution in [0, 0.1) is 0 Å². The Morgan fingerprint density at radius 3 is 2.24 bits per heavy atom. The van der Waals surface area contributed by atoms with Crippen LogP contribution in [-0.2, 0) is 17.8 Å². The first-order valence-electron chi connectivity index (χ1n) is 9.55. The largest absolute Gasteiger partial charge is 0.399 e. The van der Waals surface area contributed by atoms with E-state index in [9.17, 15) is 9.59 Å². The number of nitrogens with zero attached hydrogens (tertiary/aromatic N) is 1. The summed E-state index contributed by atoms with van der Waals surface area (Å²) in [4.78, 5) is 27.0. The van der Waals surface area contributed by atoms with Crippen LogP contribution in [0.4, 0.5) is 11.4 Å². The molecule has 0 saturated carbocycles. The Kier molecular flexibility index (Phi) is 6.63. The first-order chi connectivity index (χ1) is 14.0. The van der Waals surface area contributed by atoms with E-state index in [-0.39, 0.29) is 11.8 Å². The van der Waals surface area contributed by atoms with Crippen molar-refractivity contribution >= 4 is 23.2 Å². The SMILES string of the molecule is CN(Cc1ccccc1)C(=O)c1ccccc1NC(=O)CCc1ccc(N)cc1. The predicted molar refractivity (Wildman–Crippen MR) is 116 cm³/mol. The molecule has 0 heterocycles. The first kappa shape index (κ1) is 20.1. The smallest absolute Gasteiger partial charge is 0.256 e. The lowest BCUT2D eigenvalue weighted by molar-refractivity contribution is -0.116. The summed E-state index contributed by atoms with van der Waals surface area (Å²) in [5, 5.41) is 2.88. The number of hydrogen-bond donors (Lipinski definition) is 2. The monoisotopic (exact) mass is 387 g/mol. The maximum atomic E-state index is 12.9. The molecule has 0 aliphatic carbocycles. The summed E-state index contributed by atoms with van der Waals surface area (Å²) in [6.07, 6.45) is 0.933. The summed E-state index contributed by atoms with van der Waals surface area (Å²) in [6, 6.07) is 24.4. The van der Waals surface area contributed by atoms with Crippen molar-refractivity contribution in [2.24, 2.45) is 0 Å². The van der Waals surface area contributed by atoms with E-state index in [4.69, 9.17) is 5.73 Å². The normalized spacial score (nSPS) is 10.4. The van der Waals surface area contributed by atoms with E-state index in [0.29, 0.717) is 36.3 Å². The topological polar surface area (TPSA) is 75.4 Å². The van der Waals surface area contributed by atoms with E-state index < -0.39 is 0 Å². The highest BCUT2D eigenvalue weighted by molar-refractivity contribution is 6.03. The highest BCUT2D eigenvalue weighted by Crippen LogP contribution is 2.19. The van der Waals surface area contributed by atoms with Gasteiger partial charge < -0.3 is 16.0 Å². The predicted octanol–water partition coefficient (Wildman–Crippen LogP) is 4.11. The third kappa shape index (κ3) is 5.69. The molecule has 0 bridgehead atoms. The zero-order valence-corrected chi connectivity index (χ0v) is 16.5. The number of para-hydroxylation sites is 1. The van der Waals surface area contributed by atoms with Gasteiger partial charge in [-0.2, -0.15) is 0 Å². The molecule has 3 aromatic carbocycles. The van der Waals surface area contributed by atoms with Gasteiger partial charge in [0.2, 0.25) is 5.91 Å². The molecule has 148 valence electrons. The van der Waals surface area contributed by atoms with E-state index in [1.165, 1.54) is 0 Å². The molecule has 5 heteroatoms. The van der Waals surface area contributed by atoms with Gasteiger partial charge in [-0.05, 0) is 41.8 Å². The molecule has 0 spiro atoms. The van der Waals surface area contributed by atoms with Gasteiger partial charge in [0, 0.05) is 25.7 Å². The van der Waals surface area contributed by atoms with Crippen LogP contribution in [0.1, 0.15) is 27.9 Å². The van der Waals surface area contributed by atoms with Crippen LogP contribution < -0.4 is 11.1 Å². The van der Waals surface area contributed by atoms with Gasteiger partial charge in [-0.25, -0.2) is 0 Å². The van der Waals surface area contributed by atoms with E-state index in [2.05, 4.69) is 5.32 Å². The average molecular weight is 387 g/mol. The van der Waals surface area contributed by atoms with Crippen molar-refractivity contribution in [1.82, 2.24) is 4.90 Å². The Bertz CT molecular complexity index is 969. The molecule has 3 aromatic rings. The number of rotatable bonds is 7. The summed E-state index contributed by atoms with van der Waals surface area (Å²) in [7, 11) is 1.76. The Labute approximate surface area is 171 Å². The second-order valence-corrected chi connectivity index (χ2v) is 6.98. The van der Waals surface area contributed by atoms with Crippen LogP contribution in [0.2, 0.25) is 0 Å². The third-order valence-corrected chi connectivity index (χ3v) is 4.66. The minimum absolute atomic E-state index is 0.132. The highest BCUT2D eigenvalue weighted by atomic mass is 16.2. The second kappa shape index (κ2) is 9.55. The number of nitrogens with two attached hydrogens (primary N) is 1. The average Bonchev–Trinajstić information content (AvgIpc) is 2.74. The van der Waals surface area contributed by atoms with Crippen molar-refractivity contribution in [3.8, 4) is 0 Å². The number of aryl methyl sites for hydroxylation is 1. The number of nitrogen functional groups attached to an aromatic ring is 1. The summed E-state index contributed by atoms with van der Waals surface area (Å²) >= 11 is 0. The molecule has 0 aliphatic rings. The van der Waals surface area contributed by atoms with Gasteiger partial charge in [-0.15, -0.1) is 0 Å². The van der Waals surface area contributed by atoms with Crippen LogP contribution in [0.15, 0.2) is 78.9 Å². The minimum Gasteiger partial charge on any atom is -0.399 e. The van der Waals surface area contributed by atoms with Crippen molar-refractivity contribution in [3.63, 3.8) is 0 Å². The molecular weight excluding hydrogens is 362 g/mol. The Balaban J connectivity index is 1.63. The van der Waals surface area contributed by atoms with Crippen LogP contribution in [0.3, 0.4) is 0 Å². The van der Waals surface area contributed by atoms with Crippen LogP contribution in [0.5, 0.6) is 0 Å². The maximum Gasteiger partial charge on any atom is 0.256 e. The summed E-state index contributed by atoms with van der Waals surface area (Å²) in [6.45, 7) is 0.499. The van der Waals surface area contributed by atoms with Gasteiger partial charge in [0.15, 0.2) is 0 Å². The van der Waals surface area contributed by atoms with E-state index in [1.807, 2.05) is 60.7 Å².